The minimum absolute atomic E-state index is 0.0193. The van der Waals surface area contributed by atoms with Crippen molar-refractivity contribution < 1.29 is 4.74 Å². The van der Waals surface area contributed by atoms with E-state index in [9.17, 15) is 4.79 Å². The van der Waals surface area contributed by atoms with E-state index in [0.29, 0.717) is 17.0 Å². The second-order valence-electron chi connectivity index (χ2n) is 8.10. The summed E-state index contributed by atoms with van der Waals surface area (Å²) in [5.74, 6) is 0.574. The maximum Gasteiger partial charge on any atom is 0.286 e. The van der Waals surface area contributed by atoms with Crippen LogP contribution in [0.25, 0.3) is 5.69 Å². The molecule has 7 heteroatoms. The Labute approximate surface area is 196 Å². The van der Waals surface area contributed by atoms with Gasteiger partial charge in [0.15, 0.2) is 0 Å². The highest BCUT2D eigenvalue weighted by Gasteiger charge is 2.23. The SMILES string of the molecule is Cn1c(CN2CCC(COCc3ccc(Cl)cc3)CC2)c(Br)c(=O)n1-c1ccccc1. The standard InChI is InChI=1S/C24H27BrClN3O2/c1-27-22(23(25)24(30)29(27)21-5-3-2-4-6-21)15-28-13-11-19(12-14-28)17-31-16-18-7-9-20(26)10-8-18/h2-10,19H,11-17H2,1H3. The molecule has 31 heavy (non-hydrogen) atoms. The molecule has 1 aliphatic heterocycles. The molecule has 2 heterocycles. The second kappa shape index (κ2) is 10.2. The highest BCUT2D eigenvalue weighted by atomic mass is 79.9. The zero-order valence-corrected chi connectivity index (χ0v) is 20.0. The zero-order chi connectivity index (χ0) is 21.8. The van der Waals surface area contributed by atoms with Gasteiger partial charge in [-0.25, -0.2) is 4.68 Å². The Hall–Kier alpha value is -1.86. The quantitative estimate of drug-likeness (QED) is 0.453. The maximum atomic E-state index is 12.8. The zero-order valence-electron chi connectivity index (χ0n) is 17.6. The van der Waals surface area contributed by atoms with Crippen LogP contribution in [0.1, 0.15) is 24.1 Å². The van der Waals surface area contributed by atoms with Crippen molar-refractivity contribution in [2.24, 2.45) is 13.0 Å². The summed E-state index contributed by atoms with van der Waals surface area (Å²) < 4.78 is 10.3. The van der Waals surface area contributed by atoms with Crippen LogP contribution in [-0.2, 0) is 24.9 Å². The Morgan fingerprint density at radius 3 is 2.42 bits per heavy atom. The summed E-state index contributed by atoms with van der Waals surface area (Å²) in [6, 6.07) is 17.6. The number of nitrogens with zero attached hydrogens (tertiary/aromatic N) is 3. The van der Waals surface area contributed by atoms with E-state index in [2.05, 4.69) is 20.8 Å². The van der Waals surface area contributed by atoms with Gasteiger partial charge in [-0.1, -0.05) is 41.9 Å². The number of benzene rings is 2. The van der Waals surface area contributed by atoms with E-state index in [-0.39, 0.29) is 5.56 Å². The van der Waals surface area contributed by atoms with Crippen LogP contribution < -0.4 is 5.56 Å². The number of ether oxygens (including phenoxy) is 1. The average molecular weight is 505 g/mol. The van der Waals surface area contributed by atoms with Crippen molar-refractivity contribution in [1.82, 2.24) is 14.3 Å². The fourth-order valence-electron chi connectivity index (χ4n) is 4.09. The van der Waals surface area contributed by atoms with Crippen LogP contribution >= 0.6 is 27.5 Å². The summed E-state index contributed by atoms with van der Waals surface area (Å²) >= 11 is 9.47. The lowest BCUT2D eigenvalue weighted by molar-refractivity contribution is 0.0557. The predicted octanol–water partition coefficient (Wildman–Crippen LogP) is 5.02. The van der Waals surface area contributed by atoms with Crippen LogP contribution in [0.4, 0.5) is 0 Å². The average Bonchev–Trinajstić information content (AvgIpc) is 3.00. The van der Waals surface area contributed by atoms with Gasteiger partial charge >= 0.3 is 0 Å². The maximum absolute atomic E-state index is 12.8. The van der Waals surface area contributed by atoms with Crippen molar-refractivity contribution in [1.29, 1.82) is 0 Å². The van der Waals surface area contributed by atoms with Gasteiger partial charge in [-0.2, -0.15) is 0 Å². The lowest BCUT2D eigenvalue weighted by Gasteiger charge is -2.32. The number of para-hydroxylation sites is 1. The Morgan fingerprint density at radius 2 is 1.74 bits per heavy atom. The molecule has 0 amide bonds. The molecular formula is C24H27BrClN3O2. The molecule has 0 radical (unpaired) electrons. The van der Waals surface area contributed by atoms with E-state index in [0.717, 1.165) is 61.1 Å². The number of hydrogen-bond acceptors (Lipinski definition) is 3. The summed E-state index contributed by atoms with van der Waals surface area (Å²) in [7, 11) is 1.95. The van der Waals surface area contributed by atoms with Crippen LogP contribution in [0.2, 0.25) is 5.02 Å². The van der Waals surface area contributed by atoms with Crippen LogP contribution in [0.15, 0.2) is 63.9 Å². The Morgan fingerprint density at radius 1 is 1.06 bits per heavy atom. The fourth-order valence-corrected chi connectivity index (χ4v) is 4.77. The van der Waals surface area contributed by atoms with Gasteiger partial charge in [-0.15, -0.1) is 0 Å². The summed E-state index contributed by atoms with van der Waals surface area (Å²) in [5.41, 5.74) is 3.01. The van der Waals surface area contributed by atoms with E-state index in [4.69, 9.17) is 16.3 Å². The Bertz CT molecular complexity index is 1050. The smallest absolute Gasteiger partial charge is 0.286 e. The van der Waals surface area contributed by atoms with E-state index in [1.54, 1.807) is 4.68 Å². The minimum Gasteiger partial charge on any atom is -0.376 e. The molecule has 1 fully saturated rings. The molecule has 0 unspecified atom stereocenters. The first-order chi connectivity index (χ1) is 15.0. The Balaban J connectivity index is 1.31. The summed E-state index contributed by atoms with van der Waals surface area (Å²) in [6.45, 7) is 4.17. The van der Waals surface area contributed by atoms with Gasteiger partial charge in [-0.05, 0) is 77.6 Å². The van der Waals surface area contributed by atoms with Gasteiger partial charge < -0.3 is 4.74 Å². The van der Waals surface area contributed by atoms with E-state index < -0.39 is 0 Å². The Kier molecular flexibility index (Phi) is 7.33. The number of rotatable bonds is 7. The third-order valence-electron chi connectivity index (χ3n) is 5.94. The minimum atomic E-state index is -0.0193. The number of likely N-dealkylation sites (tertiary alicyclic amines) is 1. The van der Waals surface area contributed by atoms with Crippen molar-refractivity contribution in [3.05, 3.63) is 85.7 Å². The van der Waals surface area contributed by atoms with Gasteiger partial charge in [0.1, 0.15) is 4.47 Å². The molecule has 0 spiro atoms. The second-order valence-corrected chi connectivity index (χ2v) is 9.33. The van der Waals surface area contributed by atoms with Gasteiger partial charge in [0, 0.05) is 25.2 Å². The molecule has 5 nitrogen and oxygen atoms in total. The van der Waals surface area contributed by atoms with E-state index >= 15 is 0 Å². The molecule has 1 saturated heterocycles. The monoisotopic (exact) mass is 503 g/mol. The molecule has 4 rings (SSSR count). The molecule has 164 valence electrons. The molecule has 1 aliphatic rings. The highest BCUT2D eigenvalue weighted by molar-refractivity contribution is 9.10. The van der Waals surface area contributed by atoms with Crippen LogP contribution in [-0.4, -0.2) is 34.0 Å². The predicted molar refractivity (Wildman–Crippen MR) is 128 cm³/mol. The molecule has 1 aromatic heterocycles. The third-order valence-corrected chi connectivity index (χ3v) is 6.99. The van der Waals surface area contributed by atoms with Crippen LogP contribution in [0.5, 0.6) is 0 Å². The third kappa shape index (κ3) is 5.32. The summed E-state index contributed by atoms with van der Waals surface area (Å²) in [5, 5.41) is 0.749. The number of aromatic nitrogens is 2. The summed E-state index contributed by atoms with van der Waals surface area (Å²) in [4.78, 5) is 15.2. The lowest BCUT2D eigenvalue weighted by Crippen LogP contribution is -2.35. The molecule has 0 aliphatic carbocycles. The van der Waals surface area contributed by atoms with E-state index in [1.807, 2.05) is 66.3 Å². The lowest BCUT2D eigenvalue weighted by atomic mass is 9.97. The first-order valence-corrected chi connectivity index (χ1v) is 11.8. The number of piperidine rings is 1. The van der Waals surface area contributed by atoms with Crippen LogP contribution in [0.3, 0.4) is 0 Å². The highest BCUT2D eigenvalue weighted by Crippen LogP contribution is 2.23. The normalized spacial score (nSPS) is 15.5. The van der Waals surface area contributed by atoms with Crippen molar-refractivity contribution >= 4 is 27.5 Å². The molecule has 0 bridgehead atoms. The molecule has 0 saturated carbocycles. The fraction of sp³-hybridized carbons (Fsp3) is 0.375. The molecular weight excluding hydrogens is 478 g/mol. The summed E-state index contributed by atoms with van der Waals surface area (Å²) in [6.07, 6.45) is 2.21. The number of halogens is 2. The first kappa shape index (κ1) is 22.3. The van der Waals surface area contributed by atoms with Gasteiger partial charge in [0.25, 0.3) is 5.56 Å². The molecule has 0 N–H and O–H groups in total. The van der Waals surface area contributed by atoms with Crippen molar-refractivity contribution in [2.75, 3.05) is 19.7 Å². The van der Waals surface area contributed by atoms with Gasteiger partial charge in [-0.3, -0.25) is 14.4 Å². The van der Waals surface area contributed by atoms with Crippen LogP contribution in [0, 0.1) is 5.92 Å². The molecule has 3 aromatic rings. The van der Waals surface area contributed by atoms with Gasteiger partial charge in [0.05, 0.1) is 18.0 Å². The van der Waals surface area contributed by atoms with Gasteiger partial charge in [0.2, 0.25) is 0 Å². The first-order valence-electron chi connectivity index (χ1n) is 10.6. The van der Waals surface area contributed by atoms with Crippen molar-refractivity contribution in [3.63, 3.8) is 0 Å². The van der Waals surface area contributed by atoms with E-state index in [1.165, 1.54) is 0 Å². The van der Waals surface area contributed by atoms with Crippen molar-refractivity contribution in [2.45, 2.75) is 26.0 Å². The number of hydrogen-bond donors (Lipinski definition) is 0. The molecule has 0 atom stereocenters. The topological polar surface area (TPSA) is 39.4 Å². The molecule has 2 aromatic carbocycles. The van der Waals surface area contributed by atoms with Crippen molar-refractivity contribution in [3.8, 4) is 5.69 Å². The largest absolute Gasteiger partial charge is 0.376 e.